The summed E-state index contributed by atoms with van der Waals surface area (Å²) in [6, 6.07) is 0. The molecule has 0 aliphatic heterocycles. The van der Waals surface area contributed by atoms with E-state index in [9.17, 15) is 0 Å². The lowest BCUT2D eigenvalue weighted by Crippen LogP contribution is -2.46. The molecule has 20 heavy (non-hydrogen) atoms. The van der Waals surface area contributed by atoms with E-state index in [1.165, 1.54) is 83.5 Å². The number of rotatable bonds is 9. The fourth-order valence-corrected chi connectivity index (χ4v) is 5.04. The SMILES string of the molecule is Br.CCCCC1(P)CCCCC1(CCCC)CCCC. The topological polar surface area (TPSA) is 0 Å². The molecule has 0 amide bonds. The molecule has 0 aromatic heterocycles. The van der Waals surface area contributed by atoms with Crippen LogP contribution in [0.15, 0.2) is 0 Å². The number of hydrogen-bond acceptors (Lipinski definition) is 0. The minimum Gasteiger partial charge on any atom is -0.131 e. The van der Waals surface area contributed by atoms with Gasteiger partial charge >= 0.3 is 0 Å². The lowest BCUT2D eigenvalue weighted by Gasteiger charge is -2.53. The van der Waals surface area contributed by atoms with Crippen molar-refractivity contribution in [3.05, 3.63) is 0 Å². The van der Waals surface area contributed by atoms with Crippen molar-refractivity contribution in [2.45, 2.75) is 109 Å². The van der Waals surface area contributed by atoms with E-state index in [2.05, 4.69) is 30.0 Å². The van der Waals surface area contributed by atoms with Crippen molar-refractivity contribution in [2.75, 3.05) is 0 Å². The highest BCUT2D eigenvalue weighted by Crippen LogP contribution is 2.57. The standard InChI is InChI=1S/C18H37P.BrH/c1-4-7-12-17(13-8-5-2)14-10-11-16-18(17,19)15-9-6-3;/h4-16,19H2,1-3H3;1H. The van der Waals surface area contributed by atoms with Crippen molar-refractivity contribution in [1.82, 2.24) is 0 Å². The first kappa shape index (κ1) is 20.9. The van der Waals surface area contributed by atoms with Gasteiger partial charge in [0.2, 0.25) is 0 Å². The molecule has 0 N–H and O–H groups in total. The molecule has 0 radical (unpaired) electrons. The zero-order valence-electron chi connectivity index (χ0n) is 14.2. The first-order valence-corrected chi connectivity index (χ1v) is 9.51. The summed E-state index contributed by atoms with van der Waals surface area (Å²) in [6.45, 7) is 7.05. The minimum absolute atomic E-state index is 0. The summed E-state index contributed by atoms with van der Waals surface area (Å²) in [5.41, 5.74) is 0.650. The smallest absolute Gasteiger partial charge is 0.00939 e. The molecule has 0 saturated heterocycles. The molecule has 1 fully saturated rings. The highest BCUT2D eigenvalue weighted by Gasteiger charge is 2.47. The van der Waals surface area contributed by atoms with E-state index in [0.717, 1.165) is 0 Å². The van der Waals surface area contributed by atoms with Gasteiger partial charge in [-0.05, 0) is 42.7 Å². The van der Waals surface area contributed by atoms with Crippen molar-refractivity contribution in [1.29, 1.82) is 0 Å². The van der Waals surface area contributed by atoms with E-state index in [1.807, 2.05) is 0 Å². The van der Waals surface area contributed by atoms with E-state index in [0.29, 0.717) is 10.6 Å². The molecule has 2 heteroatoms. The number of halogens is 1. The highest BCUT2D eigenvalue weighted by atomic mass is 79.9. The maximum absolute atomic E-state index is 3.37. The minimum atomic E-state index is 0. The molecule has 0 aromatic carbocycles. The van der Waals surface area contributed by atoms with Crippen molar-refractivity contribution < 1.29 is 0 Å². The third-order valence-corrected chi connectivity index (χ3v) is 6.77. The van der Waals surface area contributed by atoms with Crippen LogP contribution in [-0.2, 0) is 0 Å². The van der Waals surface area contributed by atoms with Crippen LogP contribution in [0.1, 0.15) is 104 Å². The zero-order valence-corrected chi connectivity index (χ0v) is 17.0. The summed E-state index contributed by atoms with van der Waals surface area (Å²) >= 11 is 0. The fraction of sp³-hybridized carbons (Fsp3) is 1.00. The molecule has 1 rings (SSSR count). The first-order valence-electron chi connectivity index (χ1n) is 8.93. The third-order valence-electron chi connectivity index (χ3n) is 5.58. The van der Waals surface area contributed by atoms with Gasteiger partial charge in [-0.3, -0.25) is 0 Å². The van der Waals surface area contributed by atoms with Gasteiger partial charge in [0.15, 0.2) is 0 Å². The Morgan fingerprint density at radius 2 is 1.20 bits per heavy atom. The van der Waals surface area contributed by atoms with E-state index < -0.39 is 0 Å². The predicted octanol–water partition coefficient (Wildman–Crippen LogP) is 7.31. The maximum atomic E-state index is 3.37. The van der Waals surface area contributed by atoms with Crippen LogP contribution in [0.5, 0.6) is 0 Å². The zero-order chi connectivity index (χ0) is 14.2. The molecular weight excluding hydrogens is 327 g/mol. The Balaban J connectivity index is 0.00000361. The molecule has 0 spiro atoms. The van der Waals surface area contributed by atoms with Crippen LogP contribution in [0.3, 0.4) is 0 Å². The van der Waals surface area contributed by atoms with E-state index in [-0.39, 0.29) is 17.0 Å². The van der Waals surface area contributed by atoms with Crippen molar-refractivity contribution >= 4 is 26.2 Å². The monoisotopic (exact) mass is 364 g/mol. The lowest BCUT2D eigenvalue weighted by atomic mass is 9.59. The molecule has 122 valence electrons. The highest BCUT2D eigenvalue weighted by molar-refractivity contribution is 8.93. The molecule has 2 unspecified atom stereocenters. The van der Waals surface area contributed by atoms with Crippen LogP contribution in [0.2, 0.25) is 0 Å². The van der Waals surface area contributed by atoms with Crippen LogP contribution >= 0.6 is 26.2 Å². The van der Waals surface area contributed by atoms with Crippen LogP contribution in [0, 0.1) is 5.41 Å². The van der Waals surface area contributed by atoms with Crippen molar-refractivity contribution in [2.24, 2.45) is 5.41 Å². The van der Waals surface area contributed by atoms with Crippen LogP contribution in [0.25, 0.3) is 0 Å². The van der Waals surface area contributed by atoms with E-state index in [1.54, 1.807) is 0 Å². The summed E-state index contributed by atoms with van der Waals surface area (Å²) in [7, 11) is 3.37. The second kappa shape index (κ2) is 10.6. The van der Waals surface area contributed by atoms with Gasteiger partial charge < -0.3 is 0 Å². The van der Waals surface area contributed by atoms with Gasteiger partial charge in [-0.15, -0.1) is 26.2 Å². The summed E-state index contributed by atoms with van der Waals surface area (Å²) in [5, 5.41) is 0.561. The van der Waals surface area contributed by atoms with Crippen LogP contribution in [-0.4, -0.2) is 5.16 Å². The molecule has 0 heterocycles. The van der Waals surface area contributed by atoms with Gasteiger partial charge in [0.05, 0.1) is 0 Å². The Hall–Kier alpha value is 0.910. The number of hydrogen-bond donors (Lipinski definition) is 0. The molecular formula is C18H38BrP. The fourth-order valence-electron chi connectivity index (χ4n) is 4.20. The predicted molar refractivity (Wildman–Crippen MR) is 102 cm³/mol. The summed E-state index contributed by atoms with van der Waals surface area (Å²) in [5.74, 6) is 0. The normalized spacial score (nSPS) is 25.2. The van der Waals surface area contributed by atoms with Gasteiger partial charge in [-0.25, -0.2) is 0 Å². The van der Waals surface area contributed by atoms with Crippen molar-refractivity contribution in [3.8, 4) is 0 Å². The molecule has 0 nitrogen and oxygen atoms in total. The summed E-state index contributed by atoms with van der Waals surface area (Å²) in [4.78, 5) is 0. The first-order chi connectivity index (χ1) is 9.14. The Morgan fingerprint density at radius 3 is 1.70 bits per heavy atom. The van der Waals surface area contributed by atoms with Crippen LogP contribution < -0.4 is 0 Å². The molecule has 0 bridgehead atoms. The Labute approximate surface area is 141 Å². The molecule has 1 saturated carbocycles. The molecule has 1 aliphatic rings. The Morgan fingerprint density at radius 1 is 0.750 bits per heavy atom. The number of unbranched alkanes of at least 4 members (excludes halogenated alkanes) is 3. The van der Waals surface area contributed by atoms with E-state index in [4.69, 9.17) is 0 Å². The maximum Gasteiger partial charge on any atom is -0.00939 e. The second-order valence-corrected chi connectivity index (χ2v) is 8.06. The molecule has 0 aromatic rings. The van der Waals surface area contributed by atoms with Gasteiger partial charge in [0.1, 0.15) is 0 Å². The van der Waals surface area contributed by atoms with E-state index >= 15 is 0 Å². The average molecular weight is 365 g/mol. The summed E-state index contributed by atoms with van der Waals surface area (Å²) < 4.78 is 0. The van der Waals surface area contributed by atoms with Gasteiger partial charge in [-0.2, -0.15) is 0 Å². The second-order valence-electron chi connectivity index (χ2n) is 6.95. The van der Waals surface area contributed by atoms with Crippen molar-refractivity contribution in [3.63, 3.8) is 0 Å². The average Bonchev–Trinajstić information content (AvgIpc) is 2.43. The van der Waals surface area contributed by atoms with Gasteiger partial charge in [-0.1, -0.05) is 72.1 Å². The Bertz CT molecular complexity index is 234. The quantitative estimate of drug-likeness (QED) is 0.376. The Kier molecular flexibility index (Phi) is 11.1. The summed E-state index contributed by atoms with van der Waals surface area (Å²) in [6.07, 6.45) is 18.7. The third kappa shape index (κ3) is 5.28. The molecule has 2 atom stereocenters. The van der Waals surface area contributed by atoms with Crippen LogP contribution in [0.4, 0.5) is 0 Å². The largest absolute Gasteiger partial charge is 0.131 e. The molecule has 1 aliphatic carbocycles. The van der Waals surface area contributed by atoms with Gasteiger partial charge in [0.25, 0.3) is 0 Å². The lowest BCUT2D eigenvalue weighted by molar-refractivity contribution is 0.0846. The van der Waals surface area contributed by atoms with Gasteiger partial charge in [0, 0.05) is 0 Å².